The highest BCUT2D eigenvalue weighted by molar-refractivity contribution is 5.69. The van der Waals surface area contributed by atoms with Crippen LogP contribution < -0.4 is 26.2 Å². The Morgan fingerprint density at radius 2 is 2.00 bits per heavy atom. The molecule has 0 spiro atoms. The van der Waals surface area contributed by atoms with Crippen molar-refractivity contribution >= 4 is 29.2 Å². The molecule has 12 nitrogen and oxygen atoms in total. The average Bonchev–Trinajstić information content (AvgIpc) is 2.88. The van der Waals surface area contributed by atoms with Crippen LogP contribution in [0.4, 0.5) is 23.0 Å². The summed E-state index contributed by atoms with van der Waals surface area (Å²) in [6.45, 7) is 9.18. The number of nitrogens with zero attached hydrogens (tertiary/aromatic N) is 6. The summed E-state index contributed by atoms with van der Waals surface area (Å²) in [5, 5.41) is 21.2. The lowest BCUT2D eigenvalue weighted by Crippen LogP contribution is -2.56. The van der Waals surface area contributed by atoms with Crippen LogP contribution in [-0.2, 0) is 4.74 Å². The maximum atomic E-state index is 9.38. The molecule has 0 radical (unpaired) electrons. The van der Waals surface area contributed by atoms with Gasteiger partial charge in [-0.1, -0.05) is 6.58 Å². The number of aliphatic hydroxyl groups excluding tert-OH is 1. The van der Waals surface area contributed by atoms with E-state index in [1.54, 1.807) is 17.0 Å². The van der Waals surface area contributed by atoms with Crippen LogP contribution in [0.3, 0.4) is 0 Å². The van der Waals surface area contributed by atoms with E-state index < -0.39 is 0 Å². The smallest absolute Gasteiger partial charge is 0.174 e. The van der Waals surface area contributed by atoms with Gasteiger partial charge in [-0.05, 0) is 12.1 Å². The van der Waals surface area contributed by atoms with Gasteiger partial charge in [-0.2, -0.15) is 0 Å². The molecule has 0 amide bonds. The largest absolute Gasteiger partial charge is 0.489 e. The molecule has 0 saturated carbocycles. The van der Waals surface area contributed by atoms with E-state index in [1.165, 1.54) is 12.4 Å². The van der Waals surface area contributed by atoms with Crippen molar-refractivity contribution in [2.45, 2.75) is 6.04 Å². The Labute approximate surface area is 214 Å². The molecule has 3 aromatic rings. The third-order valence-electron chi connectivity index (χ3n) is 6.45. The number of benzene rings is 1. The Balaban J connectivity index is 1.41. The minimum absolute atomic E-state index is 0.0897. The van der Waals surface area contributed by atoms with E-state index in [0.29, 0.717) is 34.7 Å². The number of hydrogen-bond donors (Lipinski definition) is 4. The van der Waals surface area contributed by atoms with Gasteiger partial charge in [0.15, 0.2) is 11.3 Å². The molecule has 12 heteroatoms. The number of aliphatic hydroxyl groups is 1. The van der Waals surface area contributed by atoms with Gasteiger partial charge in [-0.25, -0.2) is 9.97 Å². The first-order valence-corrected chi connectivity index (χ1v) is 12.2. The van der Waals surface area contributed by atoms with Crippen molar-refractivity contribution < 1.29 is 14.6 Å². The molecule has 2 fully saturated rings. The van der Waals surface area contributed by atoms with Crippen LogP contribution in [-0.4, -0.2) is 88.2 Å². The maximum Gasteiger partial charge on any atom is 0.174 e. The normalized spacial score (nSPS) is 16.3. The van der Waals surface area contributed by atoms with Crippen LogP contribution in [0.25, 0.3) is 17.6 Å². The Hall–Kier alpha value is -4.00. The van der Waals surface area contributed by atoms with E-state index >= 15 is 0 Å². The van der Waals surface area contributed by atoms with Gasteiger partial charge in [0.25, 0.3) is 0 Å². The van der Waals surface area contributed by atoms with Crippen LogP contribution in [0.2, 0.25) is 0 Å². The van der Waals surface area contributed by atoms with Crippen molar-refractivity contribution in [2.75, 3.05) is 68.6 Å². The quantitative estimate of drug-likeness (QED) is 0.333. The van der Waals surface area contributed by atoms with Gasteiger partial charge in [-0.15, -0.1) is 0 Å². The first-order valence-electron chi connectivity index (χ1n) is 12.2. The summed E-state index contributed by atoms with van der Waals surface area (Å²) in [7, 11) is 0. The molecule has 0 unspecified atom stereocenters. The summed E-state index contributed by atoms with van der Waals surface area (Å²) in [5.74, 6) is 1.23. The number of nitrogen functional groups attached to an aromatic ring is 1. The van der Waals surface area contributed by atoms with E-state index in [4.69, 9.17) is 20.6 Å². The molecule has 0 atom stereocenters. The lowest BCUT2D eigenvalue weighted by Gasteiger charge is -2.43. The Morgan fingerprint density at radius 3 is 2.68 bits per heavy atom. The van der Waals surface area contributed by atoms with Crippen molar-refractivity contribution in [3.63, 3.8) is 0 Å². The summed E-state index contributed by atoms with van der Waals surface area (Å²) in [4.78, 5) is 17.7. The average molecular weight is 506 g/mol. The molecular weight excluding hydrogens is 474 g/mol. The molecule has 37 heavy (non-hydrogen) atoms. The number of hydrogen-bond acceptors (Lipinski definition) is 11. The molecule has 2 aliphatic rings. The monoisotopic (exact) mass is 505 g/mol. The van der Waals surface area contributed by atoms with E-state index in [9.17, 15) is 5.11 Å². The number of rotatable bonds is 9. The lowest BCUT2D eigenvalue weighted by molar-refractivity contribution is -0.0660. The van der Waals surface area contributed by atoms with Gasteiger partial charge in [-0.3, -0.25) is 15.3 Å². The summed E-state index contributed by atoms with van der Waals surface area (Å²) in [5.41, 5.74) is 8.54. The minimum atomic E-state index is -0.0897. The molecule has 2 aromatic heterocycles. The molecule has 4 heterocycles. The molecule has 0 bridgehead atoms. The van der Waals surface area contributed by atoms with Gasteiger partial charge < -0.3 is 35.1 Å². The zero-order valence-corrected chi connectivity index (χ0v) is 20.5. The molecule has 5 rings (SSSR count). The van der Waals surface area contributed by atoms with Gasteiger partial charge >= 0.3 is 0 Å². The predicted molar refractivity (Wildman–Crippen MR) is 141 cm³/mol. The second-order valence-electron chi connectivity index (χ2n) is 8.84. The number of ether oxygens (including phenoxy) is 2. The number of nitrogens with two attached hydrogens (primary N) is 1. The summed E-state index contributed by atoms with van der Waals surface area (Å²) in [6.07, 6.45) is 6.19. The molecule has 0 aliphatic carbocycles. The highest BCUT2D eigenvalue weighted by atomic mass is 16.5. The molecule has 2 aliphatic heterocycles. The second kappa shape index (κ2) is 10.9. The fraction of sp³-hybridized carbons (Fsp3) is 0.360. The molecule has 1 aromatic carbocycles. The van der Waals surface area contributed by atoms with Crippen molar-refractivity contribution in [1.82, 2.24) is 24.4 Å². The Morgan fingerprint density at radius 1 is 1.19 bits per heavy atom. The predicted octanol–water partition coefficient (Wildman–Crippen LogP) is 1.14. The number of nitrogens with one attached hydrogen (secondary N) is 2. The summed E-state index contributed by atoms with van der Waals surface area (Å²) >= 11 is 0. The van der Waals surface area contributed by atoms with Crippen LogP contribution in [0, 0.1) is 5.41 Å². The zero-order chi connectivity index (χ0) is 25.8. The summed E-state index contributed by atoms with van der Waals surface area (Å²) < 4.78 is 12.8. The third kappa shape index (κ3) is 5.40. The van der Waals surface area contributed by atoms with E-state index in [0.717, 1.165) is 45.1 Å². The SMILES string of the molecule is C=Cn1cc(-c2cncc(N)n2)nc(Nc2ccc(N3CCN(C4COC4)CC3)c(OCCO)c2)c1=N. The van der Waals surface area contributed by atoms with Gasteiger partial charge in [0.1, 0.15) is 29.6 Å². The first-order chi connectivity index (χ1) is 18.1. The topological polar surface area (TPSA) is 151 Å². The van der Waals surface area contributed by atoms with E-state index in [-0.39, 0.29) is 24.5 Å². The number of aromatic nitrogens is 4. The van der Waals surface area contributed by atoms with Crippen LogP contribution in [0.15, 0.2) is 43.4 Å². The van der Waals surface area contributed by atoms with Crippen LogP contribution in [0.5, 0.6) is 5.75 Å². The molecular formula is C25H31N9O3. The standard InChI is InChI=1S/C25H31N9O3/c1-2-32-14-20(19-12-28-13-23(26)30-19)31-25(24(32)27)29-17-3-4-21(22(11-17)37-10-9-35)34-7-5-33(6-8-34)18-15-36-16-18/h2-4,11-14,18,27,35H,1,5-10,15-16H2,(H2,26,30)(H,29,31). The number of anilines is 4. The van der Waals surface area contributed by atoms with Crippen molar-refractivity contribution in [3.8, 4) is 17.1 Å². The fourth-order valence-corrected chi connectivity index (χ4v) is 4.40. The zero-order valence-electron chi connectivity index (χ0n) is 20.5. The Kier molecular flexibility index (Phi) is 7.30. The second-order valence-corrected chi connectivity index (χ2v) is 8.84. The first kappa shape index (κ1) is 24.7. The minimum Gasteiger partial charge on any atom is -0.489 e. The van der Waals surface area contributed by atoms with Gasteiger partial charge in [0, 0.05) is 50.3 Å². The highest BCUT2D eigenvalue weighted by Crippen LogP contribution is 2.33. The summed E-state index contributed by atoms with van der Waals surface area (Å²) in [6, 6.07) is 6.32. The van der Waals surface area contributed by atoms with Crippen molar-refractivity contribution in [2.24, 2.45) is 0 Å². The van der Waals surface area contributed by atoms with E-state index in [2.05, 4.69) is 36.6 Å². The highest BCUT2D eigenvalue weighted by Gasteiger charge is 2.29. The molecule has 194 valence electrons. The van der Waals surface area contributed by atoms with Crippen molar-refractivity contribution in [3.05, 3.63) is 48.9 Å². The van der Waals surface area contributed by atoms with Gasteiger partial charge in [0.05, 0.1) is 43.9 Å². The maximum absolute atomic E-state index is 9.38. The number of piperazine rings is 1. The van der Waals surface area contributed by atoms with Crippen LogP contribution in [0.1, 0.15) is 0 Å². The van der Waals surface area contributed by atoms with Crippen LogP contribution >= 0.6 is 0 Å². The van der Waals surface area contributed by atoms with Gasteiger partial charge in [0.2, 0.25) is 0 Å². The lowest BCUT2D eigenvalue weighted by atomic mass is 10.1. The van der Waals surface area contributed by atoms with Crippen molar-refractivity contribution in [1.29, 1.82) is 5.41 Å². The Bertz CT molecular complexity index is 1320. The third-order valence-corrected chi connectivity index (χ3v) is 6.45. The van der Waals surface area contributed by atoms with E-state index in [1.807, 2.05) is 18.2 Å². The fourth-order valence-electron chi connectivity index (χ4n) is 4.40. The molecule has 5 N–H and O–H groups in total. The molecule has 2 saturated heterocycles.